The minimum atomic E-state index is -0.272. The van der Waals surface area contributed by atoms with Gasteiger partial charge in [-0.3, -0.25) is 0 Å². The summed E-state index contributed by atoms with van der Waals surface area (Å²) in [5.74, 6) is 2.20. The van der Waals surface area contributed by atoms with Crippen LogP contribution >= 0.6 is 0 Å². The number of hydrogen-bond acceptors (Lipinski definition) is 1. The standard InChI is InChI=1S/C11H8FNO/c12-9-2-1-3-11-8(6-9)7-10(13-11)4-5-14/h1-2,6-7,13-14H,3H2. The van der Waals surface area contributed by atoms with Crippen LogP contribution in [0.15, 0.2) is 24.0 Å². The summed E-state index contributed by atoms with van der Waals surface area (Å²) in [6, 6.07) is 1.71. The number of rotatable bonds is 0. The Morgan fingerprint density at radius 1 is 1.50 bits per heavy atom. The molecule has 1 aromatic rings. The lowest BCUT2D eigenvalue weighted by Crippen LogP contribution is -1.82. The van der Waals surface area contributed by atoms with Crippen molar-refractivity contribution in [1.82, 2.24) is 4.98 Å². The predicted octanol–water partition coefficient (Wildman–Crippen LogP) is 2.12. The van der Waals surface area contributed by atoms with Crippen LogP contribution in [-0.2, 0) is 6.42 Å². The van der Waals surface area contributed by atoms with E-state index >= 15 is 0 Å². The Morgan fingerprint density at radius 2 is 2.36 bits per heavy atom. The first kappa shape index (κ1) is 8.64. The average Bonchev–Trinajstić information content (AvgIpc) is 2.41. The number of fused-ring (bicyclic) bond motifs is 1. The number of aromatic nitrogens is 1. The maximum Gasteiger partial charge on any atom is 0.123 e. The van der Waals surface area contributed by atoms with Crippen LogP contribution in [0, 0.1) is 12.0 Å². The van der Waals surface area contributed by atoms with Gasteiger partial charge in [-0.15, -0.1) is 0 Å². The smallest absolute Gasteiger partial charge is 0.123 e. The second kappa shape index (κ2) is 3.43. The molecule has 0 aromatic carbocycles. The minimum Gasteiger partial charge on any atom is -0.462 e. The van der Waals surface area contributed by atoms with Crippen molar-refractivity contribution >= 4 is 6.08 Å². The van der Waals surface area contributed by atoms with E-state index < -0.39 is 0 Å². The summed E-state index contributed by atoms with van der Waals surface area (Å²) in [6.45, 7) is 0. The molecule has 2 N–H and O–H groups in total. The van der Waals surface area contributed by atoms with Crippen molar-refractivity contribution in [2.75, 3.05) is 0 Å². The lowest BCUT2D eigenvalue weighted by Gasteiger charge is -1.90. The molecule has 0 saturated carbocycles. The first-order valence-electron chi connectivity index (χ1n) is 4.20. The molecule has 3 heteroatoms. The number of H-pyrrole nitrogens is 1. The van der Waals surface area contributed by atoms with Crippen molar-refractivity contribution in [3.8, 4) is 12.0 Å². The normalized spacial score (nSPS) is 13.6. The zero-order chi connectivity index (χ0) is 9.97. The number of aliphatic hydroxyl groups excluding tert-OH is 1. The van der Waals surface area contributed by atoms with Gasteiger partial charge >= 0.3 is 0 Å². The molecule has 0 bridgehead atoms. The number of aromatic amines is 1. The van der Waals surface area contributed by atoms with Gasteiger partial charge in [0.2, 0.25) is 0 Å². The van der Waals surface area contributed by atoms with Crippen molar-refractivity contribution in [3.05, 3.63) is 41.0 Å². The van der Waals surface area contributed by atoms with Crippen LogP contribution in [0.5, 0.6) is 0 Å². The van der Waals surface area contributed by atoms with E-state index in [-0.39, 0.29) is 5.83 Å². The molecular formula is C11H8FNO. The molecule has 0 fully saturated rings. The molecule has 14 heavy (non-hydrogen) atoms. The van der Waals surface area contributed by atoms with Crippen molar-refractivity contribution in [1.29, 1.82) is 0 Å². The number of aliphatic hydroxyl groups is 1. The van der Waals surface area contributed by atoms with Crippen molar-refractivity contribution in [2.24, 2.45) is 0 Å². The quantitative estimate of drug-likeness (QED) is 0.602. The number of hydrogen-bond donors (Lipinski definition) is 2. The highest BCUT2D eigenvalue weighted by Crippen LogP contribution is 2.19. The highest BCUT2D eigenvalue weighted by atomic mass is 19.1. The summed E-state index contributed by atoms with van der Waals surface area (Å²) in [5.41, 5.74) is 2.29. The van der Waals surface area contributed by atoms with Crippen molar-refractivity contribution in [3.63, 3.8) is 0 Å². The van der Waals surface area contributed by atoms with Crippen molar-refractivity contribution < 1.29 is 9.50 Å². The van der Waals surface area contributed by atoms with Crippen LogP contribution in [0.25, 0.3) is 6.08 Å². The molecule has 70 valence electrons. The van der Waals surface area contributed by atoms with Crippen LogP contribution in [0.3, 0.4) is 0 Å². The van der Waals surface area contributed by atoms with E-state index in [9.17, 15) is 4.39 Å². The molecule has 1 heterocycles. The van der Waals surface area contributed by atoms with Gasteiger partial charge < -0.3 is 10.1 Å². The van der Waals surface area contributed by atoms with Gasteiger partial charge in [-0.2, -0.15) is 0 Å². The number of halogens is 1. The minimum absolute atomic E-state index is 0.272. The second-order valence-electron chi connectivity index (χ2n) is 2.99. The number of allylic oxidation sites excluding steroid dienone is 3. The first-order valence-corrected chi connectivity index (χ1v) is 4.20. The van der Waals surface area contributed by atoms with Gasteiger partial charge in [-0.25, -0.2) is 4.39 Å². The molecule has 0 radical (unpaired) electrons. The Bertz CT molecular complexity index is 471. The SMILES string of the molecule is OC#Cc1cc2c([nH]1)CC=CC(F)=C2. The lowest BCUT2D eigenvalue weighted by atomic mass is 10.2. The fourth-order valence-electron chi connectivity index (χ4n) is 1.42. The van der Waals surface area contributed by atoms with Gasteiger partial charge in [0.15, 0.2) is 0 Å². The largest absolute Gasteiger partial charge is 0.462 e. The third-order valence-electron chi connectivity index (χ3n) is 2.02. The Morgan fingerprint density at radius 3 is 3.14 bits per heavy atom. The molecule has 0 atom stereocenters. The van der Waals surface area contributed by atoms with Crippen molar-refractivity contribution in [2.45, 2.75) is 6.42 Å². The van der Waals surface area contributed by atoms with E-state index in [0.717, 1.165) is 11.3 Å². The summed E-state index contributed by atoms with van der Waals surface area (Å²) >= 11 is 0. The van der Waals surface area contributed by atoms with Crippen LogP contribution in [-0.4, -0.2) is 10.1 Å². The average molecular weight is 189 g/mol. The van der Waals surface area contributed by atoms with Crippen LogP contribution in [0.2, 0.25) is 0 Å². The summed E-state index contributed by atoms with van der Waals surface area (Å²) in [4.78, 5) is 3.00. The van der Waals surface area contributed by atoms with Gasteiger partial charge in [0.05, 0.1) is 5.69 Å². The molecule has 0 spiro atoms. The van der Waals surface area contributed by atoms with Gasteiger partial charge in [-0.1, -0.05) is 6.08 Å². The zero-order valence-corrected chi connectivity index (χ0v) is 7.34. The predicted molar refractivity (Wildman–Crippen MR) is 51.5 cm³/mol. The third-order valence-corrected chi connectivity index (χ3v) is 2.02. The summed E-state index contributed by atoms with van der Waals surface area (Å²) in [7, 11) is 0. The van der Waals surface area contributed by atoms with Gasteiger partial charge in [0.25, 0.3) is 0 Å². The molecule has 0 saturated heterocycles. The van der Waals surface area contributed by atoms with E-state index in [0.29, 0.717) is 12.1 Å². The van der Waals surface area contributed by atoms with Crippen LogP contribution in [0.4, 0.5) is 4.39 Å². The molecule has 0 unspecified atom stereocenters. The summed E-state index contributed by atoms with van der Waals surface area (Å²) in [5, 5.41) is 8.40. The molecule has 0 aliphatic heterocycles. The van der Waals surface area contributed by atoms with E-state index in [1.54, 1.807) is 18.2 Å². The van der Waals surface area contributed by atoms with E-state index in [4.69, 9.17) is 5.11 Å². The first-order chi connectivity index (χ1) is 6.79. The number of nitrogens with one attached hydrogen (secondary N) is 1. The lowest BCUT2D eigenvalue weighted by molar-refractivity contribution is 0.517. The van der Waals surface area contributed by atoms with Crippen LogP contribution < -0.4 is 0 Å². The maximum atomic E-state index is 13.0. The highest BCUT2D eigenvalue weighted by Gasteiger charge is 2.07. The molecule has 1 aliphatic rings. The zero-order valence-electron chi connectivity index (χ0n) is 7.34. The molecule has 1 aromatic heterocycles. The molecule has 2 rings (SSSR count). The van der Waals surface area contributed by atoms with Gasteiger partial charge in [0.1, 0.15) is 11.9 Å². The van der Waals surface area contributed by atoms with Gasteiger partial charge in [-0.05, 0) is 29.7 Å². The third kappa shape index (κ3) is 1.55. The second-order valence-corrected chi connectivity index (χ2v) is 2.99. The Kier molecular flexibility index (Phi) is 2.11. The Hall–Kier alpha value is -1.95. The fraction of sp³-hybridized carbons (Fsp3) is 0.0909. The van der Waals surface area contributed by atoms with E-state index in [1.807, 2.05) is 0 Å². The fourth-order valence-corrected chi connectivity index (χ4v) is 1.42. The Balaban J connectivity index is 2.47. The highest BCUT2D eigenvalue weighted by molar-refractivity contribution is 5.60. The topological polar surface area (TPSA) is 36.0 Å². The monoisotopic (exact) mass is 189 g/mol. The Labute approximate surface area is 80.8 Å². The van der Waals surface area contributed by atoms with E-state index in [2.05, 4.69) is 10.9 Å². The maximum absolute atomic E-state index is 13.0. The van der Waals surface area contributed by atoms with E-state index in [1.165, 1.54) is 12.2 Å². The molecule has 2 nitrogen and oxygen atoms in total. The molecular weight excluding hydrogens is 181 g/mol. The van der Waals surface area contributed by atoms with Crippen LogP contribution in [0.1, 0.15) is 17.0 Å². The summed E-state index contributed by atoms with van der Waals surface area (Å²) < 4.78 is 13.0. The molecule has 0 amide bonds. The summed E-state index contributed by atoms with van der Waals surface area (Å²) in [6.07, 6.45) is 7.07. The van der Waals surface area contributed by atoms with Gasteiger partial charge in [0, 0.05) is 12.1 Å². The molecule has 1 aliphatic carbocycles.